The molecule has 1 atom stereocenters. The van der Waals surface area contributed by atoms with Gasteiger partial charge < -0.3 is 0 Å². The average molecular weight is 465 g/mol. The number of hydrogen-bond acceptors (Lipinski definition) is 4. The van der Waals surface area contributed by atoms with Crippen LogP contribution >= 0.6 is 0 Å². The molecule has 0 spiro atoms. The molecule has 1 heterocycles. The summed E-state index contributed by atoms with van der Waals surface area (Å²) in [5, 5.41) is 0. The van der Waals surface area contributed by atoms with Gasteiger partial charge in [0.05, 0.1) is 9.79 Å². The lowest BCUT2D eigenvalue weighted by atomic mass is 10.1. The van der Waals surface area contributed by atoms with E-state index in [1.165, 1.54) is 8.61 Å². The number of hydrogen-bond donors (Lipinski definition) is 0. The molecule has 2 aromatic carbocycles. The fourth-order valence-corrected chi connectivity index (χ4v) is 7.88. The van der Waals surface area contributed by atoms with Crippen molar-refractivity contribution in [2.75, 3.05) is 19.6 Å². The molecule has 3 rings (SSSR count). The second kappa shape index (κ2) is 8.31. The molecule has 0 radical (unpaired) electrons. The smallest absolute Gasteiger partial charge is 0.207 e. The van der Waals surface area contributed by atoms with Gasteiger partial charge in [0, 0.05) is 25.7 Å². The Balaban J connectivity index is 1.90. The molecule has 0 aliphatic carbocycles. The average Bonchev–Trinajstić information content (AvgIpc) is 2.66. The third-order valence-corrected chi connectivity index (χ3v) is 10.5. The van der Waals surface area contributed by atoms with Crippen molar-refractivity contribution in [1.29, 1.82) is 0 Å². The third-order valence-electron chi connectivity index (χ3n) is 6.32. The predicted molar refractivity (Wildman–Crippen MR) is 123 cm³/mol. The third kappa shape index (κ3) is 4.31. The van der Waals surface area contributed by atoms with Gasteiger partial charge in [0.1, 0.15) is 0 Å². The summed E-state index contributed by atoms with van der Waals surface area (Å²) in [6.07, 6.45) is 0. The minimum Gasteiger partial charge on any atom is -0.207 e. The van der Waals surface area contributed by atoms with Gasteiger partial charge in [-0.2, -0.15) is 8.61 Å². The molecular weight excluding hydrogens is 432 g/mol. The molecule has 0 amide bonds. The van der Waals surface area contributed by atoms with Crippen LogP contribution in [-0.4, -0.2) is 51.1 Å². The fourth-order valence-electron chi connectivity index (χ4n) is 4.17. The van der Waals surface area contributed by atoms with Crippen LogP contribution in [0.15, 0.2) is 34.1 Å². The van der Waals surface area contributed by atoms with Crippen molar-refractivity contribution < 1.29 is 16.8 Å². The van der Waals surface area contributed by atoms with E-state index in [2.05, 4.69) is 0 Å². The second-order valence-corrected chi connectivity index (χ2v) is 12.5. The Kier molecular flexibility index (Phi) is 6.41. The van der Waals surface area contributed by atoms with Gasteiger partial charge in [0.15, 0.2) is 0 Å². The highest BCUT2D eigenvalue weighted by Gasteiger charge is 2.39. The monoisotopic (exact) mass is 464 g/mol. The quantitative estimate of drug-likeness (QED) is 0.693. The molecule has 0 aromatic heterocycles. The first-order valence-corrected chi connectivity index (χ1v) is 13.3. The summed E-state index contributed by atoms with van der Waals surface area (Å²) in [5.74, 6) is 0. The lowest BCUT2D eigenvalue weighted by molar-refractivity contribution is 0.212. The van der Waals surface area contributed by atoms with E-state index in [4.69, 9.17) is 0 Å². The van der Waals surface area contributed by atoms with Crippen LogP contribution in [0.1, 0.15) is 40.3 Å². The molecule has 0 unspecified atom stereocenters. The number of rotatable bonds is 4. The first kappa shape index (κ1) is 23.9. The van der Waals surface area contributed by atoms with Gasteiger partial charge in [-0.05, 0) is 94.0 Å². The first-order chi connectivity index (χ1) is 14.3. The lowest BCUT2D eigenvalue weighted by Crippen LogP contribution is -2.55. The van der Waals surface area contributed by atoms with Crippen molar-refractivity contribution in [2.45, 2.75) is 64.3 Å². The summed E-state index contributed by atoms with van der Waals surface area (Å²) in [6, 6.07) is 6.73. The zero-order valence-corrected chi connectivity index (χ0v) is 21.0. The van der Waals surface area contributed by atoms with Gasteiger partial charge in [0.2, 0.25) is 20.0 Å². The van der Waals surface area contributed by atoms with Crippen molar-refractivity contribution in [3.05, 3.63) is 57.6 Å². The number of sulfonamides is 2. The standard InChI is InChI=1S/C23H32N2O4S2/c1-15-10-19(5)22(12-17(15)3)30(26,27)24-8-9-25(21(7)14-24)31(28,29)23-13-18(4)16(2)11-20(23)6/h10-13,21H,8-9,14H2,1-7H3/t21-/m0/s1. The predicted octanol–water partition coefficient (Wildman–Crippen LogP) is 3.62. The van der Waals surface area contributed by atoms with Crippen LogP contribution in [-0.2, 0) is 20.0 Å². The number of nitrogens with zero attached hydrogens (tertiary/aromatic N) is 2. The zero-order chi connectivity index (χ0) is 23.3. The highest BCUT2D eigenvalue weighted by atomic mass is 32.2. The minimum absolute atomic E-state index is 0.123. The Labute approximate surface area is 187 Å². The van der Waals surface area contributed by atoms with E-state index < -0.39 is 26.1 Å². The summed E-state index contributed by atoms with van der Waals surface area (Å²) < 4.78 is 56.3. The normalized spacial score (nSPS) is 19.0. The first-order valence-electron chi connectivity index (χ1n) is 10.4. The van der Waals surface area contributed by atoms with Crippen LogP contribution in [0.2, 0.25) is 0 Å². The van der Waals surface area contributed by atoms with Gasteiger partial charge in [-0.25, -0.2) is 16.8 Å². The molecule has 1 saturated heterocycles. The van der Waals surface area contributed by atoms with E-state index in [1.54, 1.807) is 32.9 Å². The molecule has 0 saturated carbocycles. The van der Waals surface area contributed by atoms with Crippen molar-refractivity contribution in [3.63, 3.8) is 0 Å². The van der Waals surface area contributed by atoms with Crippen LogP contribution in [0.5, 0.6) is 0 Å². The number of benzene rings is 2. The fraction of sp³-hybridized carbons (Fsp3) is 0.478. The lowest BCUT2D eigenvalue weighted by Gasteiger charge is -2.38. The molecule has 0 bridgehead atoms. The SMILES string of the molecule is Cc1cc(C)c(S(=O)(=O)N2CCN(S(=O)(=O)c3cc(C)c(C)cc3C)[C@@H](C)C2)cc1C. The van der Waals surface area contributed by atoms with Crippen LogP contribution in [0.4, 0.5) is 0 Å². The van der Waals surface area contributed by atoms with E-state index in [0.29, 0.717) is 20.9 Å². The van der Waals surface area contributed by atoms with Gasteiger partial charge in [-0.3, -0.25) is 0 Å². The molecule has 1 aliphatic rings. The summed E-state index contributed by atoms with van der Waals surface area (Å²) >= 11 is 0. The Morgan fingerprint density at radius 2 is 1.06 bits per heavy atom. The van der Waals surface area contributed by atoms with Gasteiger partial charge >= 0.3 is 0 Å². The zero-order valence-electron chi connectivity index (χ0n) is 19.4. The molecule has 170 valence electrons. The van der Waals surface area contributed by atoms with Crippen molar-refractivity contribution in [2.24, 2.45) is 0 Å². The van der Waals surface area contributed by atoms with E-state index in [1.807, 2.05) is 39.8 Å². The summed E-state index contributed by atoms with van der Waals surface area (Å²) in [7, 11) is -7.43. The van der Waals surface area contributed by atoms with E-state index in [0.717, 1.165) is 22.3 Å². The molecule has 0 N–H and O–H groups in total. The largest absolute Gasteiger partial charge is 0.243 e. The Hall–Kier alpha value is -1.74. The maximum absolute atomic E-state index is 13.4. The van der Waals surface area contributed by atoms with E-state index in [-0.39, 0.29) is 19.6 Å². The Bertz CT molecular complexity index is 1230. The van der Waals surface area contributed by atoms with Gasteiger partial charge in [0.25, 0.3) is 0 Å². The van der Waals surface area contributed by atoms with Crippen molar-refractivity contribution in [3.8, 4) is 0 Å². The van der Waals surface area contributed by atoms with E-state index >= 15 is 0 Å². The van der Waals surface area contributed by atoms with Gasteiger partial charge in [-0.1, -0.05) is 12.1 Å². The highest BCUT2D eigenvalue weighted by molar-refractivity contribution is 7.89. The van der Waals surface area contributed by atoms with Crippen molar-refractivity contribution in [1.82, 2.24) is 8.61 Å². The van der Waals surface area contributed by atoms with Crippen LogP contribution in [0.25, 0.3) is 0 Å². The maximum Gasteiger partial charge on any atom is 0.243 e. The van der Waals surface area contributed by atoms with Crippen LogP contribution < -0.4 is 0 Å². The highest BCUT2D eigenvalue weighted by Crippen LogP contribution is 2.29. The Morgan fingerprint density at radius 3 is 1.52 bits per heavy atom. The van der Waals surface area contributed by atoms with Crippen LogP contribution in [0.3, 0.4) is 0 Å². The molecular formula is C23H32N2O4S2. The topological polar surface area (TPSA) is 74.8 Å². The summed E-state index contributed by atoms with van der Waals surface area (Å²) in [4.78, 5) is 0.591. The Morgan fingerprint density at radius 1 is 0.645 bits per heavy atom. The molecule has 2 aromatic rings. The number of piperazine rings is 1. The van der Waals surface area contributed by atoms with E-state index in [9.17, 15) is 16.8 Å². The molecule has 1 aliphatic heterocycles. The molecule has 8 heteroatoms. The second-order valence-electron chi connectivity index (χ2n) is 8.73. The van der Waals surface area contributed by atoms with Crippen molar-refractivity contribution >= 4 is 20.0 Å². The summed E-state index contributed by atoms with van der Waals surface area (Å²) in [5.41, 5.74) is 5.34. The maximum atomic E-state index is 13.4. The molecule has 6 nitrogen and oxygen atoms in total. The van der Waals surface area contributed by atoms with Crippen LogP contribution in [0, 0.1) is 41.5 Å². The molecule has 31 heavy (non-hydrogen) atoms. The number of aryl methyl sites for hydroxylation is 6. The molecule has 1 fully saturated rings. The van der Waals surface area contributed by atoms with Gasteiger partial charge in [-0.15, -0.1) is 0 Å². The summed E-state index contributed by atoms with van der Waals surface area (Å²) in [6.45, 7) is 13.4. The minimum atomic E-state index is -3.72.